The number of rotatable bonds is 10. The molecule has 0 heterocycles. The second kappa shape index (κ2) is 11.4. The van der Waals surface area contributed by atoms with Crippen molar-refractivity contribution in [2.75, 3.05) is 22.1 Å². The first-order chi connectivity index (χ1) is 8.88. The molecule has 0 unspecified atom stereocenters. The summed E-state index contributed by atoms with van der Waals surface area (Å²) in [7, 11) is 0. The number of benzene rings is 1. The molecular weight excluding hydrogens is 454 g/mol. The lowest BCUT2D eigenvalue weighted by Gasteiger charge is -2.10. The number of alkyl halides is 2. The van der Waals surface area contributed by atoms with Gasteiger partial charge < -0.3 is 9.47 Å². The van der Waals surface area contributed by atoms with Gasteiger partial charge in [-0.2, -0.15) is 0 Å². The van der Waals surface area contributed by atoms with Gasteiger partial charge in [0.05, 0.1) is 13.2 Å². The molecule has 0 saturated heterocycles. The predicted octanol–water partition coefficient (Wildman–Crippen LogP) is 4.37. The van der Waals surface area contributed by atoms with Gasteiger partial charge in [-0.15, -0.1) is 0 Å². The van der Waals surface area contributed by atoms with Gasteiger partial charge in [-0.05, 0) is 24.0 Å². The molecule has 0 aliphatic carbocycles. The van der Waals surface area contributed by atoms with Gasteiger partial charge in [-0.25, -0.2) is 0 Å². The molecule has 1 aromatic rings. The topological polar surface area (TPSA) is 18.5 Å². The SMILES string of the molecule is ICCCOCc1ccccc1COCCCI. The van der Waals surface area contributed by atoms with Crippen LogP contribution in [0, 0.1) is 0 Å². The standard InChI is InChI=1S/C14H20I2O2/c15-7-3-9-17-11-13-5-1-2-6-14(13)12-18-10-4-8-16/h1-2,5-6H,3-4,7-12H2. The summed E-state index contributed by atoms with van der Waals surface area (Å²) >= 11 is 4.75. The molecule has 0 spiro atoms. The molecule has 0 bridgehead atoms. The Morgan fingerprint density at radius 1 is 0.778 bits per heavy atom. The molecule has 0 atom stereocenters. The number of ether oxygens (including phenoxy) is 2. The lowest BCUT2D eigenvalue weighted by Crippen LogP contribution is -2.02. The zero-order valence-corrected chi connectivity index (χ0v) is 14.9. The highest BCUT2D eigenvalue weighted by atomic mass is 127. The summed E-state index contributed by atoms with van der Waals surface area (Å²) in [5.74, 6) is 0. The lowest BCUT2D eigenvalue weighted by molar-refractivity contribution is 0.109. The first-order valence-electron chi connectivity index (χ1n) is 6.22. The van der Waals surface area contributed by atoms with Crippen molar-refractivity contribution in [2.45, 2.75) is 26.1 Å². The van der Waals surface area contributed by atoms with Gasteiger partial charge in [-0.3, -0.25) is 0 Å². The Morgan fingerprint density at radius 3 is 1.61 bits per heavy atom. The Labute approximate surface area is 137 Å². The maximum Gasteiger partial charge on any atom is 0.0720 e. The minimum Gasteiger partial charge on any atom is -0.377 e. The third-order valence-electron chi connectivity index (χ3n) is 2.48. The quantitative estimate of drug-likeness (QED) is 0.285. The molecule has 0 aliphatic rings. The fourth-order valence-electron chi connectivity index (χ4n) is 1.52. The van der Waals surface area contributed by atoms with Crippen LogP contribution < -0.4 is 0 Å². The van der Waals surface area contributed by atoms with Crippen molar-refractivity contribution in [3.05, 3.63) is 35.4 Å². The second-order valence-electron chi connectivity index (χ2n) is 3.96. The summed E-state index contributed by atoms with van der Waals surface area (Å²) in [5.41, 5.74) is 2.50. The highest BCUT2D eigenvalue weighted by molar-refractivity contribution is 14.1. The van der Waals surface area contributed by atoms with Crippen molar-refractivity contribution in [1.82, 2.24) is 0 Å². The molecule has 1 aromatic carbocycles. The van der Waals surface area contributed by atoms with Gasteiger partial charge in [0.1, 0.15) is 0 Å². The Kier molecular flexibility index (Phi) is 10.6. The highest BCUT2D eigenvalue weighted by Gasteiger charge is 2.02. The predicted molar refractivity (Wildman–Crippen MR) is 92.8 cm³/mol. The summed E-state index contributed by atoms with van der Waals surface area (Å²) < 4.78 is 13.6. The van der Waals surface area contributed by atoms with E-state index in [0.717, 1.165) is 34.9 Å². The summed E-state index contributed by atoms with van der Waals surface area (Å²) in [4.78, 5) is 0. The molecule has 0 saturated carbocycles. The van der Waals surface area contributed by atoms with Crippen molar-refractivity contribution in [2.24, 2.45) is 0 Å². The van der Waals surface area contributed by atoms with E-state index in [2.05, 4.69) is 69.4 Å². The van der Waals surface area contributed by atoms with Crippen LogP contribution in [0.3, 0.4) is 0 Å². The summed E-state index contributed by atoms with van der Waals surface area (Å²) in [6.07, 6.45) is 2.24. The van der Waals surface area contributed by atoms with Gasteiger partial charge in [-0.1, -0.05) is 69.4 Å². The van der Waals surface area contributed by atoms with Crippen LogP contribution in [0.2, 0.25) is 0 Å². The van der Waals surface area contributed by atoms with Crippen molar-refractivity contribution in [3.8, 4) is 0 Å². The Morgan fingerprint density at radius 2 is 1.22 bits per heavy atom. The molecule has 0 amide bonds. The monoisotopic (exact) mass is 474 g/mol. The van der Waals surface area contributed by atoms with E-state index < -0.39 is 0 Å². The first-order valence-corrected chi connectivity index (χ1v) is 9.27. The Bertz CT molecular complexity index is 287. The molecule has 0 aliphatic heterocycles. The average molecular weight is 474 g/mol. The summed E-state index contributed by atoms with van der Waals surface area (Å²) in [6.45, 7) is 3.07. The van der Waals surface area contributed by atoms with Crippen molar-refractivity contribution in [3.63, 3.8) is 0 Å². The van der Waals surface area contributed by atoms with Gasteiger partial charge in [0.2, 0.25) is 0 Å². The molecule has 0 fully saturated rings. The fraction of sp³-hybridized carbons (Fsp3) is 0.571. The van der Waals surface area contributed by atoms with E-state index in [4.69, 9.17) is 9.47 Å². The number of hydrogen-bond acceptors (Lipinski definition) is 2. The summed E-state index contributed by atoms with van der Waals surface area (Å²) in [5, 5.41) is 0. The molecule has 0 aromatic heterocycles. The van der Waals surface area contributed by atoms with Crippen LogP contribution >= 0.6 is 45.2 Å². The fourth-order valence-corrected chi connectivity index (χ4v) is 2.14. The maximum atomic E-state index is 5.67. The van der Waals surface area contributed by atoms with Gasteiger partial charge in [0.15, 0.2) is 0 Å². The zero-order valence-electron chi connectivity index (χ0n) is 10.5. The van der Waals surface area contributed by atoms with Crippen LogP contribution in [0.4, 0.5) is 0 Å². The molecule has 0 radical (unpaired) electrons. The van der Waals surface area contributed by atoms with E-state index in [-0.39, 0.29) is 0 Å². The van der Waals surface area contributed by atoms with Crippen molar-refractivity contribution >= 4 is 45.2 Å². The van der Waals surface area contributed by atoms with E-state index >= 15 is 0 Å². The average Bonchev–Trinajstić information content (AvgIpc) is 2.41. The van der Waals surface area contributed by atoms with Crippen LogP contribution in [0.25, 0.3) is 0 Å². The normalized spacial score (nSPS) is 10.8. The largest absolute Gasteiger partial charge is 0.377 e. The third kappa shape index (κ3) is 7.25. The van der Waals surface area contributed by atoms with E-state index in [9.17, 15) is 0 Å². The maximum absolute atomic E-state index is 5.67. The van der Waals surface area contributed by atoms with Crippen LogP contribution in [0.15, 0.2) is 24.3 Å². The third-order valence-corrected chi connectivity index (χ3v) is 4.00. The van der Waals surface area contributed by atoms with Gasteiger partial charge >= 0.3 is 0 Å². The van der Waals surface area contributed by atoms with E-state index in [1.165, 1.54) is 11.1 Å². The first kappa shape index (κ1) is 16.7. The van der Waals surface area contributed by atoms with Gasteiger partial charge in [0.25, 0.3) is 0 Å². The molecule has 4 heteroatoms. The number of halogens is 2. The second-order valence-corrected chi connectivity index (χ2v) is 6.12. The van der Waals surface area contributed by atoms with E-state index in [0.29, 0.717) is 13.2 Å². The molecular formula is C14H20I2O2. The van der Waals surface area contributed by atoms with Crippen molar-refractivity contribution in [1.29, 1.82) is 0 Å². The molecule has 102 valence electrons. The van der Waals surface area contributed by atoms with Crippen LogP contribution in [0.1, 0.15) is 24.0 Å². The van der Waals surface area contributed by atoms with Crippen LogP contribution in [-0.4, -0.2) is 22.1 Å². The minimum absolute atomic E-state index is 0.697. The number of hydrogen-bond donors (Lipinski definition) is 0. The van der Waals surface area contributed by atoms with Gasteiger partial charge in [0, 0.05) is 22.1 Å². The van der Waals surface area contributed by atoms with Crippen LogP contribution in [-0.2, 0) is 22.7 Å². The lowest BCUT2D eigenvalue weighted by atomic mass is 10.1. The molecule has 0 N–H and O–H groups in total. The Balaban J connectivity index is 2.36. The smallest absolute Gasteiger partial charge is 0.0720 e. The summed E-state index contributed by atoms with van der Waals surface area (Å²) in [6, 6.07) is 8.37. The zero-order chi connectivity index (χ0) is 13.1. The van der Waals surface area contributed by atoms with Crippen molar-refractivity contribution < 1.29 is 9.47 Å². The Hall–Kier alpha value is 0.600. The van der Waals surface area contributed by atoms with Crippen LogP contribution in [0.5, 0.6) is 0 Å². The van der Waals surface area contributed by atoms with E-state index in [1.807, 2.05) is 0 Å². The molecule has 1 rings (SSSR count). The molecule has 2 nitrogen and oxygen atoms in total. The highest BCUT2D eigenvalue weighted by Crippen LogP contribution is 2.12. The van der Waals surface area contributed by atoms with E-state index in [1.54, 1.807) is 0 Å². The molecule has 18 heavy (non-hydrogen) atoms. The minimum atomic E-state index is 0.697.